The molecule has 0 radical (unpaired) electrons. The van der Waals surface area contributed by atoms with Crippen LogP contribution in [0.2, 0.25) is 5.02 Å². The number of amides is 1. The molecule has 0 fully saturated rings. The van der Waals surface area contributed by atoms with Crippen molar-refractivity contribution in [1.29, 1.82) is 5.26 Å². The molecule has 0 aliphatic heterocycles. The van der Waals surface area contributed by atoms with Crippen LogP contribution in [0.15, 0.2) is 87.4 Å². The number of para-hydroxylation sites is 1. The maximum absolute atomic E-state index is 12.6. The number of anilines is 1. The molecule has 5 rings (SSSR count). The van der Waals surface area contributed by atoms with E-state index >= 15 is 0 Å². The molecule has 0 unspecified atom stereocenters. The number of halogens is 1. The number of carbonyl (C=O) groups excluding carboxylic acids is 1. The zero-order valence-electron chi connectivity index (χ0n) is 21.0. The lowest BCUT2D eigenvalue weighted by molar-refractivity contribution is -0.118. The van der Waals surface area contributed by atoms with Crippen LogP contribution < -0.4 is 20.4 Å². The molecular weight excluding hydrogens is 550 g/mol. The molecule has 0 aliphatic rings. The van der Waals surface area contributed by atoms with E-state index < -0.39 is 5.63 Å². The number of nitrogens with one attached hydrogen (secondary N) is 1. The number of fused-ring (bicyclic) bond motifs is 1. The third-order valence-corrected chi connectivity index (χ3v) is 6.85. The SMILES string of the molecule is COc1cc(C=C(C#N)c2nc(-c3cc4cc(Cl)ccc4oc3=O)cs2)ccc1OCC(=O)Nc1ccccc1. The Morgan fingerprint density at radius 1 is 1.12 bits per heavy atom. The molecule has 5 aromatic rings. The zero-order valence-corrected chi connectivity index (χ0v) is 22.6. The molecule has 198 valence electrons. The summed E-state index contributed by atoms with van der Waals surface area (Å²) in [5.41, 5.74) is 2.18. The first-order valence-corrected chi connectivity index (χ1v) is 13.2. The topological polar surface area (TPSA) is 114 Å². The molecule has 0 atom stereocenters. The second kappa shape index (κ2) is 11.9. The molecule has 40 heavy (non-hydrogen) atoms. The second-order valence-electron chi connectivity index (χ2n) is 8.45. The zero-order chi connectivity index (χ0) is 28.1. The first-order chi connectivity index (χ1) is 19.4. The molecule has 8 nitrogen and oxygen atoms in total. The average molecular weight is 570 g/mol. The number of nitriles is 1. The van der Waals surface area contributed by atoms with Crippen molar-refractivity contribution in [2.45, 2.75) is 0 Å². The van der Waals surface area contributed by atoms with Crippen molar-refractivity contribution in [1.82, 2.24) is 4.98 Å². The van der Waals surface area contributed by atoms with Gasteiger partial charge in [0.1, 0.15) is 16.7 Å². The number of aromatic nitrogens is 1. The Hall–Kier alpha value is -4.91. The van der Waals surface area contributed by atoms with Crippen molar-refractivity contribution in [3.8, 4) is 28.8 Å². The first-order valence-electron chi connectivity index (χ1n) is 11.9. The van der Waals surface area contributed by atoms with E-state index in [0.717, 1.165) is 0 Å². The predicted octanol–water partition coefficient (Wildman–Crippen LogP) is 6.66. The van der Waals surface area contributed by atoms with E-state index in [9.17, 15) is 14.9 Å². The summed E-state index contributed by atoms with van der Waals surface area (Å²) >= 11 is 7.31. The number of ether oxygens (including phenoxy) is 2. The highest BCUT2D eigenvalue weighted by Crippen LogP contribution is 2.32. The molecule has 0 aliphatic carbocycles. The third-order valence-electron chi connectivity index (χ3n) is 5.74. The number of allylic oxidation sites excluding steroid dienone is 1. The number of methoxy groups -OCH3 is 1. The van der Waals surface area contributed by atoms with Gasteiger partial charge < -0.3 is 19.2 Å². The van der Waals surface area contributed by atoms with Crippen LogP contribution in [0.4, 0.5) is 5.69 Å². The van der Waals surface area contributed by atoms with Crippen LogP contribution in [0, 0.1) is 11.3 Å². The van der Waals surface area contributed by atoms with Crippen LogP contribution >= 0.6 is 22.9 Å². The molecule has 0 bridgehead atoms. The lowest BCUT2D eigenvalue weighted by atomic mass is 10.1. The summed E-state index contributed by atoms with van der Waals surface area (Å²) in [6.45, 7) is -0.208. The molecule has 3 aromatic carbocycles. The van der Waals surface area contributed by atoms with Gasteiger partial charge in [-0.1, -0.05) is 35.9 Å². The predicted molar refractivity (Wildman–Crippen MR) is 156 cm³/mol. The van der Waals surface area contributed by atoms with E-state index in [1.807, 2.05) is 18.2 Å². The summed E-state index contributed by atoms with van der Waals surface area (Å²) in [5, 5.41) is 15.9. The monoisotopic (exact) mass is 569 g/mol. The minimum atomic E-state index is -0.535. The third kappa shape index (κ3) is 6.04. The molecular formula is C30H20ClN3O5S. The molecule has 1 amide bonds. The number of benzene rings is 3. The van der Waals surface area contributed by atoms with Crippen molar-refractivity contribution >= 4 is 57.2 Å². The maximum atomic E-state index is 12.6. The number of carbonyl (C=O) groups is 1. The standard InChI is InChI=1S/C30H20ClN3O5S/c1-37-27-12-18(7-9-26(27)38-16-28(35)33-22-5-3-2-4-6-22)11-20(15-32)29-34-24(17-40-29)23-14-19-13-21(31)8-10-25(19)39-30(23)36/h2-14,17H,16H2,1H3,(H,33,35). The fourth-order valence-electron chi connectivity index (χ4n) is 3.86. The molecule has 0 spiro atoms. The van der Waals surface area contributed by atoms with Gasteiger partial charge in [0.25, 0.3) is 5.91 Å². The van der Waals surface area contributed by atoms with Crippen molar-refractivity contribution in [2.24, 2.45) is 0 Å². The van der Waals surface area contributed by atoms with E-state index in [4.69, 9.17) is 25.5 Å². The molecule has 2 aromatic heterocycles. The van der Waals surface area contributed by atoms with Crippen LogP contribution in [0.1, 0.15) is 10.6 Å². The molecule has 10 heteroatoms. The van der Waals surface area contributed by atoms with Gasteiger partial charge in [0.15, 0.2) is 18.1 Å². The van der Waals surface area contributed by atoms with Crippen LogP contribution in [0.3, 0.4) is 0 Å². The van der Waals surface area contributed by atoms with Gasteiger partial charge in [-0.3, -0.25) is 4.79 Å². The lowest BCUT2D eigenvalue weighted by Crippen LogP contribution is -2.20. The molecule has 0 saturated heterocycles. The normalized spacial score (nSPS) is 11.2. The Bertz CT molecular complexity index is 1840. The largest absolute Gasteiger partial charge is 0.493 e. The Morgan fingerprint density at radius 2 is 1.95 bits per heavy atom. The molecule has 0 saturated carbocycles. The first kappa shape index (κ1) is 26.7. The van der Waals surface area contributed by atoms with Crippen molar-refractivity contribution in [2.75, 3.05) is 19.0 Å². The van der Waals surface area contributed by atoms with E-state index in [1.54, 1.807) is 66.1 Å². The highest BCUT2D eigenvalue weighted by molar-refractivity contribution is 7.11. The molecule has 2 heterocycles. The number of rotatable bonds is 8. The number of nitrogens with zero attached hydrogens (tertiary/aromatic N) is 2. The average Bonchev–Trinajstić information content (AvgIpc) is 3.45. The summed E-state index contributed by atoms with van der Waals surface area (Å²) in [7, 11) is 1.49. The van der Waals surface area contributed by atoms with Gasteiger partial charge in [-0.2, -0.15) is 5.26 Å². The van der Waals surface area contributed by atoms with Gasteiger partial charge >= 0.3 is 5.63 Å². The number of hydrogen-bond donors (Lipinski definition) is 1. The highest BCUT2D eigenvalue weighted by atomic mass is 35.5. The summed E-state index contributed by atoms with van der Waals surface area (Å²) in [5.74, 6) is 0.457. The number of thiazole rings is 1. The van der Waals surface area contributed by atoms with Crippen molar-refractivity contribution < 1.29 is 18.7 Å². The quantitative estimate of drug-likeness (QED) is 0.164. The fraction of sp³-hybridized carbons (Fsp3) is 0.0667. The van der Waals surface area contributed by atoms with Gasteiger partial charge in [0, 0.05) is 21.5 Å². The summed E-state index contributed by atoms with van der Waals surface area (Å²) in [4.78, 5) is 29.3. The minimum Gasteiger partial charge on any atom is -0.493 e. The minimum absolute atomic E-state index is 0.208. The highest BCUT2D eigenvalue weighted by Gasteiger charge is 2.15. The van der Waals surface area contributed by atoms with Gasteiger partial charge in [0.05, 0.1) is 23.9 Å². The maximum Gasteiger partial charge on any atom is 0.345 e. The van der Waals surface area contributed by atoms with Crippen molar-refractivity contribution in [3.05, 3.63) is 104 Å². The van der Waals surface area contributed by atoms with Crippen LogP contribution in [0.5, 0.6) is 11.5 Å². The van der Waals surface area contributed by atoms with Gasteiger partial charge in [-0.05, 0) is 60.2 Å². The summed E-state index contributed by atoms with van der Waals surface area (Å²) in [6, 6.07) is 23.0. The molecule has 1 N–H and O–H groups in total. The van der Waals surface area contributed by atoms with Crippen LogP contribution in [-0.2, 0) is 4.79 Å². The van der Waals surface area contributed by atoms with E-state index in [1.165, 1.54) is 18.4 Å². The Balaban J connectivity index is 1.34. The van der Waals surface area contributed by atoms with Crippen LogP contribution in [-0.4, -0.2) is 24.6 Å². The summed E-state index contributed by atoms with van der Waals surface area (Å²) < 4.78 is 16.5. The van der Waals surface area contributed by atoms with Crippen LogP contribution in [0.25, 0.3) is 33.9 Å². The number of hydrogen-bond acceptors (Lipinski definition) is 8. The van der Waals surface area contributed by atoms with E-state index in [2.05, 4.69) is 16.4 Å². The van der Waals surface area contributed by atoms with E-state index in [0.29, 0.717) is 55.0 Å². The van der Waals surface area contributed by atoms with Gasteiger partial charge in [-0.25, -0.2) is 9.78 Å². The van der Waals surface area contributed by atoms with Gasteiger partial charge in [0.2, 0.25) is 0 Å². The fourth-order valence-corrected chi connectivity index (χ4v) is 4.82. The smallest absolute Gasteiger partial charge is 0.345 e. The Kier molecular flexibility index (Phi) is 7.92. The Labute approximate surface area is 237 Å². The van der Waals surface area contributed by atoms with Crippen molar-refractivity contribution in [3.63, 3.8) is 0 Å². The lowest BCUT2D eigenvalue weighted by Gasteiger charge is -2.11. The second-order valence-corrected chi connectivity index (χ2v) is 9.75. The Morgan fingerprint density at radius 3 is 2.73 bits per heavy atom. The summed E-state index contributed by atoms with van der Waals surface area (Å²) in [6.07, 6.45) is 1.65. The van der Waals surface area contributed by atoms with E-state index in [-0.39, 0.29) is 18.1 Å². The van der Waals surface area contributed by atoms with Gasteiger partial charge in [-0.15, -0.1) is 11.3 Å².